The van der Waals surface area contributed by atoms with Gasteiger partial charge in [-0.1, -0.05) is 27.7 Å². The predicted octanol–water partition coefficient (Wildman–Crippen LogP) is 4.81. The van der Waals surface area contributed by atoms with Gasteiger partial charge in [-0.25, -0.2) is 0 Å². The molecule has 3 heteroatoms. The Morgan fingerprint density at radius 2 is 1.41 bits per heavy atom. The molecular formula is C24H42N2O. The molecule has 154 valence electrons. The highest BCUT2D eigenvalue weighted by Crippen LogP contribution is 2.51. The fourth-order valence-corrected chi connectivity index (χ4v) is 6.78. The summed E-state index contributed by atoms with van der Waals surface area (Å²) in [7, 11) is 0. The first-order valence-electron chi connectivity index (χ1n) is 11.9. The summed E-state index contributed by atoms with van der Waals surface area (Å²) in [4.78, 5) is 17.0. The normalized spacial score (nSPS) is 32.7. The lowest BCUT2D eigenvalue weighted by atomic mass is 9.59. The standard InChI is InChI=1S/C24H42N2O/c1-17(2)19-5-7-20(8-6-19)21-9-11-25(12-10-21)22-13-24(14-22)15-26(16-24)23(27)18(3)4/h17-22H,5-16H2,1-4H3/t19-,20+. The van der Waals surface area contributed by atoms with Gasteiger partial charge in [0.15, 0.2) is 0 Å². The van der Waals surface area contributed by atoms with Crippen molar-refractivity contribution in [2.45, 2.75) is 85.1 Å². The van der Waals surface area contributed by atoms with Gasteiger partial charge in [0.1, 0.15) is 0 Å². The van der Waals surface area contributed by atoms with Crippen LogP contribution in [0, 0.1) is 35.0 Å². The van der Waals surface area contributed by atoms with Gasteiger partial charge < -0.3 is 9.80 Å². The monoisotopic (exact) mass is 374 g/mol. The molecule has 0 bridgehead atoms. The molecule has 27 heavy (non-hydrogen) atoms. The van der Waals surface area contributed by atoms with Crippen LogP contribution in [-0.4, -0.2) is 47.9 Å². The highest BCUT2D eigenvalue weighted by atomic mass is 16.2. The number of hydrogen-bond donors (Lipinski definition) is 0. The lowest BCUT2D eigenvalue weighted by Crippen LogP contribution is -2.68. The molecule has 0 atom stereocenters. The van der Waals surface area contributed by atoms with Crippen LogP contribution in [0.25, 0.3) is 0 Å². The number of amides is 1. The zero-order valence-electron chi connectivity index (χ0n) is 18.3. The fourth-order valence-electron chi connectivity index (χ4n) is 6.78. The second kappa shape index (κ2) is 7.69. The van der Waals surface area contributed by atoms with E-state index in [2.05, 4.69) is 23.6 Å². The van der Waals surface area contributed by atoms with Gasteiger partial charge in [-0.05, 0) is 88.1 Å². The smallest absolute Gasteiger partial charge is 0.225 e. The average molecular weight is 375 g/mol. The van der Waals surface area contributed by atoms with Crippen molar-refractivity contribution in [1.82, 2.24) is 9.80 Å². The van der Waals surface area contributed by atoms with Crippen molar-refractivity contribution in [2.24, 2.45) is 35.0 Å². The number of piperidine rings is 1. The zero-order valence-corrected chi connectivity index (χ0v) is 18.3. The van der Waals surface area contributed by atoms with E-state index in [4.69, 9.17) is 0 Å². The van der Waals surface area contributed by atoms with E-state index >= 15 is 0 Å². The van der Waals surface area contributed by atoms with Crippen molar-refractivity contribution >= 4 is 5.91 Å². The molecule has 1 amide bonds. The van der Waals surface area contributed by atoms with Gasteiger partial charge in [0.05, 0.1) is 0 Å². The maximum absolute atomic E-state index is 12.1. The van der Waals surface area contributed by atoms with Crippen molar-refractivity contribution in [1.29, 1.82) is 0 Å². The summed E-state index contributed by atoms with van der Waals surface area (Å²) < 4.78 is 0. The van der Waals surface area contributed by atoms with E-state index in [9.17, 15) is 4.79 Å². The SMILES string of the molecule is CC(C)C(=O)N1CC2(CC(N3CCC([C@H]4CC[C@@H](C(C)C)CC4)CC3)C2)C1. The van der Waals surface area contributed by atoms with Crippen molar-refractivity contribution < 1.29 is 4.79 Å². The Labute approximate surface area is 167 Å². The van der Waals surface area contributed by atoms with E-state index in [1.54, 1.807) is 0 Å². The summed E-state index contributed by atoms with van der Waals surface area (Å²) in [5.41, 5.74) is 0.501. The van der Waals surface area contributed by atoms with E-state index in [1.807, 2.05) is 13.8 Å². The largest absolute Gasteiger partial charge is 0.341 e. The minimum absolute atomic E-state index is 0.160. The fraction of sp³-hybridized carbons (Fsp3) is 0.958. The van der Waals surface area contributed by atoms with E-state index in [-0.39, 0.29) is 5.92 Å². The van der Waals surface area contributed by atoms with Crippen LogP contribution in [0.15, 0.2) is 0 Å². The first-order chi connectivity index (χ1) is 12.9. The lowest BCUT2D eigenvalue weighted by molar-refractivity contribution is -0.161. The molecule has 2 aliphatic carbocycles. The molecule has 4 aliphatic rings. The Kier molecular flexibility index (Phi) is 5.62. The summed E-state index contributed by atoms with van der Waals surface area (Å²) in [5, 5.41) is 0. The predicted molar refractivity (Wildman–Crippen MR) is 111 cm³/mol. The Morgan fingerprint density at radius 1 is 0.852 bits per heavy atom. The number of nitrogens with zero attached hydrogens (tertiary/aromatic N) is 2. The molecule has 0 N–H and O–H groups in total. The second-order valence-electron chi connectivity index (χ2n) is 11.2. The molecule has 2 heterocycles. The number of carbonyl (C=O) groups excluding carboxylic acids is 1. The van der Waals surface area contributed by atoms with Gasteiger partial charge in [-0.3, -0.25) is 4.79 Å². The van der Waals surface area contributed by atoms with Crippen LogP contribution in [0.4, 0.5) is 0 Å². The summed E-state index contributed by atoms with van der Waals surface area (Å²) in [5.74, 6) is 4.43. The van der Waals surface area contributed by atoms with Gasteiger partial charge >= 0.3 is 0 Å². The van der Waals surface area contributed by atoms with Gasteiger partial charge in [0.25, 0.3) is 0 Å². The number of carbonyl (C=O) groups is 1. The van der Waals surface area contributed by atoms with Gasteiger partial charge in [0.2, 0.25) is 5.91 Å². The van der Waals surface area contributed by atoms with Gasteiger partial charge in [-0.2, -0.15) is 0 Å². The molecule has 0 unspecified atom stereocenters. The maximum atomic E-state index is 12.1. The highest BCUT2D eigenvalue weighted by Gasteiger charge is 2.55. The van der Waals surface area contributed by atoms with Crippen LogP contribution >= 0.6 is 0 Å². The van der Waals surface area contributed by atoms with E-state index < -0.39 is 0 Å². The molecule has 4 fully saturated rings. The first kappa shape index (κ1) is 19.7. The number of likely N-dealkylation sites (tertiary alicyclic amines) is 2. The summed E-state index contributed by atoms with van der Waals surface area (Å²) in [6.07, 6.45) is 11.5. The molecular weight excluding hydrogens is 332 g/mol. The van der Waals surface area contributed by atoms with Crippen LogP contribution in [0.3, 0.4) is 0 Å². The molecule has 2 saturated heterocycles. The summed E-state index contributed by atoms with van der Waals surface area (Å²) in [6.45, 7) is 13.6. The third-order valence-electron chi connectivity index (χ3n) is 8.71. The Morgan fingerprint density at radius 3 is 1.93 bits per heavy atom. The van der Waals surface area contributed by atoms with Crippen LogP contribution in [0.5, 0.6) is 0 Å². The van der Waals surface area contributed by atoms with Crippen LogP contribution in [0.2, 0.25) is 0 Å². The van der Waals surface area contributed by atoms with Crippen molar-refractivity contribution in [3.63, 3.8) is 0 Å². The minimum atomic E-state index is 0.160. The first-order valence-corrected chi connectivity index (χ1v) is 11.9. The van der Waals surface area contributed by atoms with Crippen LogP contribution in [-0.2, 0) is 4.79 Å². The topological polar surface area (TPSA) is 23.6 Å². The van der Waals surface area contributed by atoms with Gasteiger partial charge in [-0.15, -0.1) is 0 Å². The Balaban J connectivity index is 1.16. The van der Waals surface area contributed by atoms with Crippen LogP contribution < -0.4 is 0 Å². The third-order valence-corrected chi connectivity index (χ3v) is 8.71. The van der Waals surface area contributed by atoms with E-state index in [0.29, 0.717) is 11.3 Å². The molecule has 0 aromatic carbocycles. The Bertz CT molecular complexity index is 512. The molecule has 0 aromatic heterocycles. The molecule has 2 saturated carbocycles. The van der Waals surface area contributed by atoms with Gasteiger partial charge in [0, 0.05) is 30.5 Å². The quantitative estimate of drug-likeness (QED) is 0.705. The minimum Gasteiger partial charge on any atom is -0.341 e. The summed E-state index contributed by atoms with van der Waals surface area (Å²) >= 11 is 0. The van der Waals surface area contributed by atoms with Crippen molar-refractivity contribution in [2.75, 3.05) is 26.2 Å². The van der Waals surface area contributed by atoms with E-state index in [1.165, 1.54) is 64.5 Å². The lowest BCUT2D eigenvalue weighted by Gasteiger charge is -2.62. The molecule has 4 rings (SSSR count). The maximum Gasteiger partial charge on any atom is 0.225 e. The molecule has 0 radical (unpaired) electrons. The number of rotatable bonds is 4. The van der Waals surface area contributed by atoms with Crippen molar-refractivity contribution in [3.8, 4) is 0 Å². The third kappa shape index (κ3) is 3.95. The average Bonchev–Trinajstić information content (AvgIpc) is 2.59. The Hall–Kier alpha value is -0.570. The number of hydrogen-bond acceptors (Lipinski definition) is 2. The molecule has 0 aromatic rings. The summed E-state index contributed by atoms with van der Waals surface area (Å²) in [6, 6.07) is 0.818. The highest BCUT2D eigenvalue weighted by molar-refractivity contribution is 5.79. The molecule has 1 spiro atoms. The van der Waals surface area contributed by atoms with E-state index in [0.717, 1.165) is 42.8 Å². The van der Waals surface area contributed by atoms with Crippen molar-refractivity contribution in [3.05, 3.63) is 0 Å². The van der Waals surface area contributed by atoms with Crippen LogP contribution in [0.1, 0.15) is 79.1 Å². The molecule has 3 nitrogen and oxygen atoms in total. The zero-order chi connectivity index (χ0) is 19.2. The molecule has 2 aliphatic heterocycles. The second-order valence-corrected chi connectivity index (χ2v) is 11.2.